The maximum atomic E-state index is 13.2. The molecule has 0 radical (unpaired) electrons. The van der Waals surface area contributed by atoms with Crippen molar-refractivity contribution in [3.8, 4) is 5.69 Å². The van der Waals surface area contributed by atoms with Gasteiger partial charge in [0.2, 0.25) is 5.91 Å². The minimum Gasteiger partial charge on any atom is -0.341 e. The van der Waals surface area contributed by atoms with Crippen LogP contribution in [0.2, 0.25) is 0 Å². The fourth-order valence-electron chi connectivity index (χ4n) is 4.42. The SMILES string of the molecule is Cc1cc(/C=C2\SC(=O)N(CC(=O)N3CCC(C)CC3)C2=O)c(C)n1-c1cccc(C(F)(F)F)c1. The maximum absolute atomic E-state index is 13.2. The highest BCUT2D eigenvalue weighted by atomic mass is 32.2. The minimum atomic E-state index is -4.46. The number of carbonyl (C=O) groups is 3. The van der Waals surface area contributed by atoms with Crippen molar-refractivity contribution in [3.05, 3.63) is 57.8 Å². The Kier molecular flexibility index (Phi) is 6.86. The highest BCUT2D eigenvalue weighted by molar-refractivity contribution is 8.18. The Morgan fingerprint density at radius 3 is 2.49 bits per heavy atom. The largest absolute Gasteiger partial charge is 0.416 e. The Morgan fingerprint density at radius 2 is 1.83 bits per heavy atom. The molecule has 1 aromatic carbocycles. The first-order chi connectivity index (χ1) is 16.5. The fraction of sp³-hybridized carbons (Fsp3) is 0.400. The summed E-state index contributed by atoms with van der Waals surface area (Å²) in [6.45, 7) is 6.58. The highest BCUT2D eigenvalue weighted by Crippen LogP contribution is 2.35. The quantitative estimate of drug-likeness (QED) is 0.522. The van der Waals surface area contributed by atoms with Gasteiger partial charge in [-0.1, -0.05) is 13.0 Å². The van der Waals surface area contributed by atoms with E-state index in [1.165, 1.54) is 6.07 Å². The molecule has 2 saturated heterocycles. The van der Waals surface area contributed by atoms with Crippen LogP contribution in [0.25, 0.3) is 11.8 Å². The number of alkyl halides is 3. The second kappa shape index (κ2) is 9.56. The summed E-state index contributed by atoms with van der Waals surface area (Å²) in [5.41, 5.74) is 1.53. The molecule has 0 saturated carbocycles. The predicted octanol–water partition coefficient (Wildman–Crippen LogP) is 5.41. The van der Waals surface area contributed by atoms with Crippen LogP contribution in [0.1, 0.15) is 42.3 Å². The molecule has 3 heterocycles. The van der Waals surface area contributed by atoms with E-state index in [1.54, 1.807) is 41.5 Å². The molecule has 2 aromatic rings. The van der Waals surface area contributed by atoms with Crippen LogP contribution in [0.4, 0.5) is 18.0 Å². The van der Waals surface area contributed by atoms with E-state index in [0.717, 1.165) is 41.6 Å². The van der Waals surface area contributed by atoms with Gasteiger partial charge in [-0.2, -0.15) is 13.2 Å². The lowest BCUT2D eigenvalue weighted by molar-refractivity contribution is -0.137. The number of aryl methyl sites for hydroxylation is 1. The molecule has 35 heavy (non-hydrogen) atoms. The standard InChI is InChI=1S/C25H26F3N3O3S/c1-15-7-9-29(10-8-15)22(32)14-30-23(33)21(35-24(30)34)12-18-11-16(2)31(17(18)3)20-6-4-5-19(13-20)25(26,27)28/h4-6,11-13,15H,7-10,14H2,1-3H3/b21-12-. The minimum absolute atomic E-state index is 0.180. The van der Waals surface area contributed by atoms with Crippen molar-refractivity contribution in [2.75, 3.05) is 19.6 Å². The van der Waals surface area contributed by atoms with Gasteiger partial charge in [-0.3, -0.25) is 19.3 Å². The van der Waals surface area contributed by atoms with Gasteiger partial charge < -0.3 is 9.47 Å². The van der Waals surface area contributed by atoms with E-state index < -0.39 is 22.9 Å². The number of likely N-dealkylation sites (tertiary alicyclic amines) is 1. The van der Waals surface area contributed by atoms with Crippen molar-refractivity contribution in [2.45, 2.75) is 39.8 Å². The molecule has 186 valence electrons. The lowest BCUT2D eigenvalue weighted by Crippen LogP contribution is -2.45. The third kappa shape index (κ3) is 5.17. The van der Waals surface area contributed by atoms with Crippen molar-refractivity contribution in [3.63, 3.8) is 0 Å². The average Bonchev–Trinajstić information content (AvgIpc) is 3.22. The van der Waals surface area contributed by atoms with Gasteiger partial charge >= 0.3 is 6.18 Å². The molecule has 2 aliphatic rings. The van der Waals surface area contributed by atoms with Gasteiger partial charge in [0, 0.05) is 30.2 Å². The number of carbonyl (C=O) groups excluding carboxylic acids is 3. The molecule has 4 rings (SSSR count). The van der Waals surface area contributed by atoms with E-state index in [-0.39, 0.29) is 17.4 Å². The Labute approximate surface area is 205 Å². The van der Waals surface area contributed by atoms with Gasteiger partial charge in [-0.15, -0.1) is 0 Å². The van der Waals surface area contributed by atoms with Crippen LogP contribution >= 0.6 is 11.8 Å². The van der Waals surface area contributed by atoms with E-state index in [9.17, 15) is 27.6 Å². The van der Waals surface area contributed by atoms with Crippen molar-refractivity contribution < 1.29 is 27.6 Å². The smallest absolute Gasteiger partial charge is 0.341 e. The van der Waals surface area contributed by atoms with Gasteiger partial charge in [0.25, 0.3) is 11.1 Å². The molecule has 10 heteroatoms. The van der Waals surface area contributed by atoms with Crippen LogP contribution < -0.4 is 0 Å². The monoisotopic (exact) mass is 505 g/mol. The molecule has 0 aliphatic carbocycles. The predicted molar refractivity (Wildman–Crippen MR) is 128 cm³/mol. The molecular formula is C25H26F3N3O3S. The Morgan fingerprint density at radius 1 is 1.14 bits per heavy atom. The second-order valence-corrected chi connectivity index (χ2v) is 10.0. The zero-order chi connectivity index (χ0) is 25.5. The Balaban J connectivity index is 1.55. The summed E-state index contributed by atoms with van der Waals surface area (Å²) in [6.07, 6.45) is -1.11. The lowest BCUT2D eigenvalue weighted by Gasteiger charge is -2.31. The summed E-state index contributed by atoms with van der Waals surface area (Å²) in [5.74, 6) is -0.236. The summed E-state index contributed by atoms with van der Waals surface area (Å²) >= 11 is 0.761. The number of nitrogens with zero attached hydrogens (tertiary/aromatic N) is 3. The van der Waals surface area contributed by atoms with Gasteiger partial charge in [-0.05, 0) is 80.3 Å². The number of thioether (sulfide) groups is 1. The van der Waals surface area contributed by atoms with Crippen LogP contribution in [-0.4, -0.2) is 51.1 Å². The van der Waals surface area contributed by atoms with Gasteiger partial charge in [0.05, 0.1) is 10.5 Å². The van der Waals surface area contributed by atoms with Crippen LogP contribution in [0.15, 0.2) is 35.2 Å². The molecule has 0 unspecified atom stereocenters. The number of halogens is 3. The molecule has 6 nitrogen and oxygen atoms in total. The van der Waals surface area contributed by atoms with Crippen LogP contribution in [0, 0.1) is 19.8 Å². The molecule has 1 aromatic heterocycles. The number of hydrogen-bond donors (Lipinski definition) is 0. The lowest BCUT2D eigenvalue weighted by atomic mass is 9.99. The number of amides is 3. The van der Waals surface area contributed by atoms with Gasteiger partial charge in [0.15, 0.2) is 0 Å². The number of benzene rings is 1. The molecular weight excluding hydrogens is 479 g/mol. The number of hydrogen-bond acceptors (Lipinski definition) is 4. The Hall–Kier alpha value is -3.01. The van der Waals surface area contributed by atoms with Crippen molar-refractivity contribution in [1.29, 1.82) is 0 Å². The van der Waals surface area contributed by atoms with Crippen molar-refractivity contribution >= 4 is 34.9 Å². The fourth-order valence-corrected chi connectivity index (χ4v) is 5.25. The zero-order valence-electron chi connectivity index (χ0n) is 19.7. The molecule has 0 N–H and O–H groups in total. The summed E-state index contributed by atoms with van der Waals surface area (Å²) in [5, 5.41) is -0.508. The molecule has 0 spiro atoms. The number of aromatic nitrogens is 1. The van der Waals surface area contributed by atoms with Crippen LogP contribution in [-0.2, 0) is 15.8 Å². The maximum Gasteiger partial charge on any atom is 0.416 e. The van der Waals surface area contributed by atoms with E-state index in [1.807, 2.05) is 0 Å². The summed E-state index contributed by atoms with van der Waals surface area (Å²) in [7, 11) is 0. The summed E-state index contributed by atoms with van der Waals surface area (Å²) in [4.78, 5) is 40.9. The highest BCUT2D eigenvalue weighted by Gasteiger charge is 2.37. The van der Waals surface area contributed by atoms with E-state index in [4.69, 9.17) is 0 Å². The second-order valence-electron chi connectivity index (χ2n) is 9.04. The first-order valence-electron chi connectivity index (χ1n) is 11.4. The molecule has 3 amide bonds. The number of rotatable bonds is 4. The van der Waals surface area contributed by atoms with Crippen molar-refractivity contribution in [2.24, 2.45) is 5.92 Å². The van der Waals surface area contributed by atoms with Crippen LogP contribution in [0.3, 0.4) is 0 Å². The van der Waals surface area contributed by atoms with Crippen molar-refractivity contribution in [1.82, 2.24) is 14.4 Å². The first-order valence-corrected chi connectivity index (χ1v) is 12.2. The third-order valence-corrected chi connectivity index (χ3v) is 7.40. The van der Waals surface area contributed by atoms with Crippen LogP contribution in [0.5, 0.6) is 0 Å². The first kappa shape index (κ1) is 25.1. The van der Waals surface area contributed by atoms with E-state index in [2.05, 4.69) is 6.92 Å². The Bertz CT molecular complexity index is 1210. The van der Waals surface area contributed by atoms with Gasteiger partial charge in [-0.25, -0.2) is 0 Å². The summed E-state index contributed by atoms with van der Waals surface area (Å²) < 4.78 is 41.2. The topological polar surface area (TPSA) is 62.6 Å². The molecule has 2 fully saturated rings. The van der Waals surface area contributed by atoms with E-state index >= 15 is 0 Å². The number of imide groups is 1. The van der Waals surface area contributed by atoms with Gasteiger partial charge in [0.1, 0.15) is 6.54 Å². The number of piperidine rings is 1. The molecule has 2 aliphatic heterocycles. The average molecular weight is 506 g/mol. The molecule has 0 atom stereocenters. The zero-order valence-corrected chi connectivity index (χ0v) is 20.5. The van der Waals surface area contributed by atoms with E-state index in [0.29, 0.717) is 41.6 Å². The molecule has 0 bridgehead atoms. The normalized spacial score (nSPS) is 18.7. The summed E-state index contributed by atoms with van der Waals surface area (Å²) in [6, 6.07) is 6.77. The third-order valence-electron chi connectivity index (χ3n) is 6.49.